The van der Waals surface area contributed by atoms with E-state index >= 15 is 0 Å². The Morgan fingerprint density at radius 1 is 1.10 bits per heavy atom. The van der Waals surface area contributed by atoms with E-state index in [2.05, 4.69) is 4.90 Å². The van der Waals surface area contributed by atoms with Crippen LogP contribution in [0.25, 0.3) is 0 Å². The second-order valence-electron chi connectivity index (χ2n) is 7.08. The highest BCUT2D eigenvalue weighted by Gasteiger charge is 2.57. The van der Waals surface area contributed by atoms with Crippen LogP contribution < -0.4 is 0 Å². The lowest BCUT2D eigenvalue weighted by atomic mass is 9.89. The molecule has 1 aliphatic heterocycles. The second-order valence-corrected chi connectivity index (χ2v) is 11.5. The van der Waals surface area contributed by atoms with E-state index in [1.54, 1.807) is 6.92 Å². The summed E-state index contributed by atoms with van der Waals surface area (Å²) >= 11 is 0. The zero-order chi connectivity index (χ0) is 15.6. The molecule has 6 heteroatoms. The lowest BCUT2D eigenvalue weighted by Crippen LogP contribution is -2.57. The molecule has 0 N–H and O–H groups in total. The van der Waals surface area contributed by atoms with Crippen LogP contribution >= 0.6 is 0 Å². The Balaban J connectivity index is 2.81. The second kappa shape index (κ2) is 6.36. The lowest BCUT2D eigenvalue weighted by Gasteiger charge is -2.43. The fourth-order valence-corrected chi connectivity index (χ4v) is 4.37. The van der Waals surface area contributed by atoms with Crippen molar-refractivity contribution in [2.24, 2.45) is 5.92 Å². The van der Waals surface area contributed by atoms with Gasteiger partial charge in [-0.25, -0.2) is 0 Å². The van der Waals surface area contributed by atoms with Crippen molar-refractivity contribution in [2.45, 2.75) is 64.5 Å². The number of halogens is 3. The summed E-state index contributed by atoms with van der Waals surface area (Å²) in [6, 6.07) is 0. The molecule has 2 unspecified atom stereocenters. The first kappa shape index (κ1) is 18.0. The number of alkyl halides is 3. The Kier molecular flexibility index (Phi) is 5.72. The van der Waals surface area contributed by atoms with Gasteiger partial charge in [0.25, 0.3) is 0 Å². The van der Waals surface area contributed by atoms with Gasteiger partial charge in [-0.1, -0.05) is 13.3 Å². The van der Waals surface area contributed by atoms with Gasteiger partial charge < -0.3 is 9.33 Å². The molecule has 2 nitrogen and oxygen atoms in total. The molecule has 1 aliphatic rings. The molecular formula is C14H28F3NOSi. The van der Waals surface area contributed by atoms with Gasteiger partial charge >= 0.3 is 6.18 Å². The summed E-state index contributed by atoms with van der Waals surface area (Å²) in [4.78, 5) is 2.14. The van der Waals surface area contributed by atoms with E-state index < -0.39 is 26.0 Å². The van der Waals surface area contributed by atoms with E-state index in [1.807, 2.05) is 19.6 Å². The zero-order valence-electron chi connectivity index (χ0n) is 13.3. The van der Waals surface area contributed by atoms with Gasteiger partial charge in [-0.2, -0.15) is 13.2 Å². The van der Waals surface area contributed by atoms with Crippen molar-refractivity contribution < 1.29 is 17.6 Å². The molecule has 0 aliphatic carbocycles. The maximum Gasteiger partial charge on any atom is 0.416 e. The Morgan fingerprint density at radius 2 is 1.60 bits per heavy atom. The molecule has 1 fully saturated rings. The molecule has 0 amide bonds. The molecule has 1 saturated heterocycles. The fourth-order valence-electron chi connectivity index (χ4n) is 2.78. The van der Waals surface area contributed by atoms with Crippen molar-refractivity contribution in [1.82, 2.24) is 4.90 Å². The number of hydrogen-bond acceptors (Lipinski definition) is 2. The zero-order valence-corrected chi connectivity index (χ0v) is 14.3. The summed E-state index contributed by atoms with van der Waals surface area (Å²) in [5.74, 6) is -0.563. The fraction of sp³-hybridized carbons (Fsp3) is 1.00. The van der Waals surface area contributed by atoms with Crippen LogP contribution in [0.2, 0.25) is 19.6 Å². The van der Waals surface area contributed by atoms with Gasteiger partial charge in [-0.05, 0) is 52.5 Å². The molecule has 0 radical (unpaired) electrons. The first-order valence-electron chi connectivity index (χ1n) is 7.45. The van der Waals surface area contributed by atoms with Crippen molar-refractivity contribution in [3.8, 4) is 0 Å². The van der Waals surface area contributed by atoms with E-state index in [4.69, 9.17) is 4.43 Å². The smallest absolute Gasteiger partial charge is 0.404 e. The normalized spacial score (nSPS) is 23.4. The van der Waals surface area contributed by atoms with Gasteiger partial charge in [0.1, 0.15) is 0 Å². The van der Waals surface area contributed by atoms with Crippen molar-refractivity contribution in [1.29, 1.82) is 0 Å². The molecule has 0 aromatic heterocycles. The van der Waals surface area contributed by atoms with Gasteiger partial charge in [0.05, 0.1) is 0 Å². The quantitative estimate of drug-likeness (QED) is 0.703. The summed E-state index contributed by atoms with van der Waals surface area (Å²) in [7, 11) is -2.27. The van der Waals surface area contributed by atoms with Crippen molar-refractivity contribution in [3.05, 3.63) is 0 Å². The number of nitrogens with zero attached hydrogens (tertiary/aromatic N) is 1. The number of piperidine rings is 1. The molecule has 2 atom stereocenters. The topological polar surface area (TPSA) is 12.5 Å². The first-order valence-corrected chi connectivity index (χ1v) is 10.9. The number of likely N-dealkylation sites (tertiary alicyclic amines) is 1. The summed E-state index contributed by atoms with van der Waals surface area (Å²) < 4.78 is 46.1. The third kappa shape index (κ3) is 4.74. The first-order chi connectivity index (χ1) is 8.96. The summed E-state index contributed by atoms with van der Waals surface area (Å²) in [5.41, 5.74) is -2.05. The molecule has 120 valence electrons. The molecule has 1 heterocycles. The third-order valence-electron chi connectivity index (χ3n) is 4.00. The highest BCUT2D eigenvalue weighted by molar-refractivity contribution is 6.69. The number of rotatable bonds is 5. The van der Waals surface area contributed by atoms with Crippen LogP contribution in [0.15, 0.2) is 0 Å². The van der Waals surface area contributed by atoms with Crippen LogP contribution in [0.1, 0.15) is 33.1 Å². The lowest BCUT2D eigenvalue weighted by molar-refractivity contribution is -0.263. The van der Waals surface area contributed by atoms with E-state index in [9.17, 15) is 13.2 Å². The minimum Gasteiger partial charge on any atom is -0.404 e. The van der Waals surface area contributed by atoms with E-state index in [1.165, 1.54) is 13.3 Å². The largest absolute Gasteiger partial charge is 0.416 e. The van der Waals surface area contributed by atoms with Crippen LogP contribution in [0, 0.1) is 5.92 Å². The molecule has 0 aromatic carbocycles. The Bertz CT molecular complexity index is 311. The van der Waals surface area contributed by atoms with E-state index in [-0.39, 0.29) is 0 Å². The Morgan fingerprint density at radius 3 is 2.00 bits per heavy atom. The summed E-state index contributed by atoms with van der Waals surface area (Å²) in [6.07, 6.45) is -0.968. The maximum absolute atomic E-state index is 13.5. The van der Waals surface area contributed by atoms with Crippen LogP contribution in [-0.4, -0.2) is 44.6 Å². The molecule has 0 saturated carbocycles. The van der Waals surface area contributed by atoms with Crippen LogP contribution in [-0.2, 0) is 4.43 Å². The highest BCUT2D eigenvalue weighted by atomic mass is 28.4. The Labute approximate surface area is 121 Å². The van der Waals surface area contributed by atoms with Gasteiger partial charge in [0.2, 0.25) is 0 Å². The minimum absolute atomic E-state index is 0.459. The number of hydrogen-bond donors (Lipinski definition) is 0. The third-order valence-corrected chi connectivity index (χ3v) is 5.04. The van der Waals surface area contributed by atoms with Crippen LogP contribution in [0.5, 0.6) is 0 Å². The van der Waals surface area contributed by atoms with Gasteiger partial charge in [0.15, 0.2) is 13.9 Å². The Hall–Kier alpha value is -0.0731. The van der Waals surface area contributed by atoms with Gasteiger partial charge in [-0.3, -0.25) is 0 Å². The standard InChI is InChI=1S/C14H28F3NOSi/c1-12(11-18-9-7-6-8-10-18)13(2,14(15,16)17)19-20(3,4)5/h12H,6-11H2,1-5H3. The average Bonchev–Trinajstić information content (AvgIpc) is 2.26. The molecular weight excluding hydrogens is 283 g/mol. The van der Waals surface area contributed by atoms with Crippen molar-refractivity contribution >= 4 is 8.32 Å². The predicted octanol–water partition coefficient (Wildman–Crippen LogP) is 4.28. The highest BCUT2D eigenvalue weighted by Crippen LogP contribution is 2.41. The molecule has 20 heavy (non-hydrogen) atoms. The summed E-state index contributed by atoms with van der Waals surface area (Å²) in [6.45, 7) is 10.6. The molecule has 0 aromatic rings. The van der Waals surface area contributed by atoms with E-state index in [0.29, 0.717) is 6.54 Å². The molecule has 0 bridgehead atoms. The molecule has 1 rings (SSSR count). The van der Waals surface area contributed by atoms with Gasteiger partial charge in [0, 0.05) is 12.5 Å². The molecule has 0 spiro atoms. The van der Waals surface area contributed by atoms with Crippen LogP contribution in [0.4, 0.5) is 13.2 Å². The van der Waals surface area contributed by atoms with Crippen molar-refractivity contribution in [3.63, 3.8) is 0 Å². The monoisotopic (exact) mass is 311 g/mol. The van der Waals surface area contributed by atoms with E-state index in [0.717, 1.165) is 25.9 Å². The average molecular weight is 311 g/mol. The minimum atomic E-state index is -4.33. The predicted molar refractivity (Wildman–Crippen MR) is 78.3 cm³/mol. The van der Waals surface area contributed by atoms with Gasteiger partial charge in [-0.15, -0.1) is 0 Å². The van der Waals surface area contributed by atoms with Crippen molar-refractivity contribution in [2.75, 3.05) is 19.6 Å². The summed E-state index contributed by atoms with van der Waals surface area (Å²) in [5, 5.41) is 0. The maximum atomic E-state index is 13.5. The van der Waals surface area contributed by atoms with Crippen LogP contribution in [0.3, 0.4) is 0 Å². The SMILES string of the molecule is CC(CN1CCCCC1)C(C)(O[Si](C)(C)C)C(F)(F)F.